The number of benzene rings is 1. The van der Waals surface area contributed by atoms with Crippen molar-refractivity contribution in [3.05, 3.63) is 29.3 Å². The van der Waals surface area contributed by atoms with Crippen LogP contribution in [0.25, 0.3) is 0 Å². The number of nitrogens with zero attached hydrogens (tertiary/aromatic N) is 1. The highest BCUT2D eigenvalue weighted by Gasteiger charge is 2.14. The number of amides is 3. The monoisotopic (exact) mass is 335 g/mol. The van der Waals surface area contributed by atoms with E-state index in [0.29, 0.717) is 24.3 Å². The molecule has 0 bridgehead atoms. The molecule has 6 nitrogen and oxygen atoms in total. The van der Waals surface area contributed by atoms with E-state index in [1.807, 2.05) is 27.7 Å². The van der Waals surface area contributed by atoms with Crippen molar-refractivity contribution in [1.29, 1.82) is 0 Å². The van der Waals surface area contributed by atoms with Crippen molar-refractivity contribution < 1.29 is 14.7 Å². The number of aliphatic hydroxyl groups excluding tert-OH is 1. The minimum Gasteiger partial charge on any atom is -0.395 e. The molecule has 0 aliphatic rings. The quantitative estimate of drug-likeness (QED) is 0.683. The molecule has 0 aromatic heterocycles. The van der Waals surface area contributed by atoms with Crippen molar-refractivity contribution in [3.8, 4) is 0 Å². The van der Waals surface area contributed by atoms with E-state index in [2.05, 4.69) is 10.6 Å². The molecule has 0 fully saturated rings. The average Bonchev–Trinajstić information content (AvgIpc) is 2.56. The number of nitrogens with one attached hydrogen (secondary N) is 2. The Labute approximate surface area is 144 Å². The first-order valence-electron chi connectivity index (χ1n) is 8.51. The number of rotatable bonds is 8. The second-order valence-electron chi connectivity index (χ2n) is 5.95. The van der Waals surface area contributed by atoms with Crippen LogP contribution in [0.4, 0.5) is 10.5 Å². The molecule has 0 aliphatic carbocycles. The summed E-state index contributed by atoms with van der Waals surface area (Å²) in [4.78, 5) is 26.0. The predicted molar refractivity (Wildman–Crippen MR) is 96.4 cm³/mol. The Morgan fingerprint density at radius 3 is 2.50 bits per heavy atom. The smallest absolute Gasteiger partial charge is 0.321 e. The van der Waals surface area contributed by atoms with Gasteiger partial charge in [0.25, 0.3) is 5.91 Å². The lowest BCUT2D eigenvalue weighted by Gasteiger charge is -2.22. The molecule has 0 saturated carbocycles. The number of carbonyl (C=O) groups is 2. The van der Waals surface area contributed by atoms with Gasteiger partial charge >= 0.3 is 6.03 Å². The zero-order chi connectivity index (χ0) is 18.1. The van der Waals surface area contributed by atoms with Gasteiger partial charge in [0, 0.05) is 30.4 Å². The van der Waals surface area contributed by atoms with Gasteiger partial charge in [0.1, 0.15) is 0 Å². The first-order chi connectivity index (χ1) is 11.4. The van der Waals surface area contributed by atoms with E-state index in [4.69, 9.17) is 5.11 Å². The fourth-order valence-corrected chi connectivity index (χ4v) is 2.25. The first kappa shape index (κ1) is 20.0. The number of hydrogen-bond donors (Lipinski definition) is 3. The summed E-state index contributed by atoms with van der Waals surface area (Å²) in [5.74, 6) is -0.113. The first-order valence-corrected chi connectivity index (χ1v) is 8.51. The summed E-state index contributed by atoms with van der Waals surface area (Å²) in [6, 6.07) is 5.09. The largest absolute Gasteiger partial charge is 0.395 e. The van der Waals surface area contributed by atoms with Crippen LogP contribution in [0, 0.1) is 6.92 Å². The highest BCUT2D eigenvalue weighted by Crippen LogP contribution is 2.17. The van der Waals surface area contributed by atoms with Crippen molar-refractivity contribution in [1.82, 2.24) is 10.2 Å². The van der Waals surface area contributed by atoms with Gasteiger partial charge in [-0.25, -0.2) is 4.79 Å². The van der Waals surface area contributed by atoms with Crippen LogP contribution in [-0.4, -0.2) is 47.7 Å². The van der Waals surface area contributed by atoms with Gasteiger partial charge in [-0.15, -0.1) is 0 Å². The van der Waals surface area contributed by atoms with Gasteiger partial charge in [0.2, 0.25) is 0 Å². The van der Waals surface area contributed by atoms with Gasteiger partial charge in [-0.1, -0.05) is 13.8 Å². The maximum absolute atomic E-state index is 12.3. The number of hydrogen-bond acceptors (Lipinski definition) is 3. The third-order valence-electron chi connectivity index (χ3n) is 3.87. The van der Waals surface area contributed by atoms with Gasteiger partial charge < -0.3 is 20.6 Å². The molecule has 1 aromatic carbocycles. The Kier molecular flexibility index (Phi) is 8.26. The van der Waals surface area contributed by atoms with Crippen molar-refractivity contribution in [2.75, 3.05) is 25.0 Å². The van der Waals surface area contributed by atoms with Crippen LogP contribution in [0.2, 0.25) is 0 Å². The molecule has 3 amide bonds. The second-order valence-corrected chi connectivity index (χ2v) is 5.95. The lowest BCUT2D eigenvalue weighted by atomic mass is 10.1. The van der Waals surface area contributed by atoms with Gasteiger partial charge in [0.05, 0.1) is 6.61 Å². The minimum atomic E-state index is -0.245. The predicted octanol–water partition coefficient (Wildman–Crippen LogP) is 2.76. The van der Waals surface area contributed by atoms with Crippen LogP contribution in [-0.2, 0) is 0 Å². The number of carbonyl (C=O) groups excluding carboxylic acids is 2. The topological polar surface area (TPSA) is 81.7 Å². The van der Waals surface area contributed by atoms with E-state index < -0.39 is 0 Å². The zero-order valence-electron chi connectivity index (χ0n) is 15.1. The highest BCUT2D eigenvalue weighted by atomic mass is 16.3. The molecule has 1 aromatic rings. The third kappa shape index (κ3) is 5.85. The van der Waals surface area contributed by atoms with E-state index >= 15 is 0 Å². The standard InChI is InChI=1S/C18H29N3O3/c1-5-9-21(10-11-22)18(24)20-16-8-7-15(12-13(16)3)17(23)19-14(4)6-2/h7-8,12,14,22H,5-6,9-11H2,1-4H3,(H,19,23)(H,20,24). The Morgan fingerprint density at radius 1 is 1.25 bits per heavy atom. The molecule has 0 spiro atoms. The van der Waals surface area contributed by atoms with Crippen molar-refractivity contribution in [2.24, 2.45) is 0 Å². The SMILES string of the molecule is CCCN(CCO)C(=O)Nc1ccc(C(=O)NC(C)CC)cc1C. The minimum absolute atomic E-state index is 0.0683. The molecular formula is C18H29N3O3. The van der Waals surface area contributed by atoms with Gasteiger partial charge in [0.15, 0.2) is 0 Å². The van der Waals surface area contributed by atoms with E-state index in [9.17, 15) is 9.59 Å². The van der Waals surface area contributed by atoms with E-state index in [1.165, 1.54) is 0 Å². The Bertz CT molecular complexity index is 554. The summed E-state index contributed by atoms with van der Waals surface area (Å²) < 4.78 is 0. The van der Waals surface area contributed by atoms with Crippen molar-refractivity contribution in [2.45, 2.75) is 46.6 Å². The summed E-state index contributed by atoms with van der Waals surface area (Å²) in [5.41, 5.74) is 2.06. The number of aliphatic hydroxyl groups is 1. The molecule has 6 heteroatoms. The van der Waals surface area contributed by atoms with Gasteiger partial charge in [-0.2, -0.15) is 0 Å². The molecule has 3 N–H and O–H groups in total. The molecule has 1 rings (SSSR count). The Balaban J connectivity index is 2.80. The van der Waals surface area contributed by atoms with E-state index in [1.54, 1.807) is 23.1 Å². The lowest BCUT2D eigenvalue weighted by Crippen LogP contribution is -2.37. The molecule has 0 heterocycles. The number of anilines is 1. The third-order valence-corrected chi connectivity index (χ3v) is 3.87. The number of aryl methyl sites for hydroxylation is 1. The molecule has 134 valence electrons. The van der Waals surface area contributed by atoms with Gasteiger partial charge in [-0.05, 0) is 50.5 Å². The second kappa shape index (κ2) is 9.93. The maximum atomic E-state index is 12.3. The molecule has 24 heavy (non-hydrogen) atoms. The average molecular weight is 335 g/mol. The Hall–Kier alpha value is -2.08. The lowest BCUT2D eigenvalue weighted by molar-refractivity contribution is 0.0939. The summed E-state index contributed by atoms with van der Waals surface area (Å²) >= 11 is 0. The summed E-state index contributed by atoms with van der Waals surface area (Å²) in [5, 5.41) is 14.8. The van der Waals surface area contributed by atoms with Crippen LogP contribution in [0.15, 0.2) is 18.2 Å². The summed E-state index contributed by atoms with van der Waals surface area (Å²) in [6.45, 7) is 8.63. The van der Waals surface area contributed by atoms with Crippen LogP contribution >= 0.6 is 0 Å². The van der Waals surface area contributed by atoms with Gasteiger partial charge in [-0.3, -0.25) is 4.79 Å². The zero-order valence-corrected chi connectivity index (χ0v) is 15.1. The number of urea groups is 1. The molecule has 0 saturated heterocycles. The molecule has 1 atom stereocenters. The van der Waals surface area contributed by atoms with E-state index in [-0.39, 0.29) is 24.6 Å². The summed E-state index contributed by atoms with van der Waals surface area (Å²) in [7, 11) is 0. The van der Waals surface area contributed by atoms with Crippen LogP contribution in [0.3, 0.4) is 0 Å². The summed E-state index contributed by atoms with van der Waals surface area (Å²) in [6.07, 6.45) is 1.69. The molecule has 0 radical (unpaired) electrons. The van der Waals surface area contributed by atoms with Crippen LogP contribution < -0.4 is 10.6 Å². The molecule has 1 unspecified atom stereocenters. The normalized spacial score (nSPS) is 11.7. The van der Waals surface area contributed by atoms with Crippen molar-refractivity contribution >= 4 is 17.6 Å². The maximum Gasteiger partial charge on any atom is 0.321 e. The fourth-order valence-electron chi connectivity index (χ4n) is 2.25. The highest BCUT2D eigenvalue weighted by molar-refractivity contribution is 5.96. The van der Waals surface area contributed by atoms with Crippen molar-refractivity contribution in [3.63, 3.8) is 0 Å². The molecule has 0 aliphatic heterocycles. The van der Waals surface area contributed by atoms with E-state index in [0.717, 1.165) is 18.4 Å². The van der Waals surface area contributed by atoms with Crippen LogP contribution in [0.5, 0.6) is 0 Å². The molecular weight excluding hydrogens is 306 g/mol. The Morgan fingerprint density at radius 2 is 1.96 bits per heavy atom. The fraction of sp³-hybridized carbons (Fsp3) is 0.556. The van der Waals surface area contributed by atoms with Crippen LogP contribution in [0.1, 0.15) is 49.5 Å².